The fraction of sp³-hybridized carbons (Fsp3) is 0.410. The van der Waals surface area contributed by atoms with Crippen molar-refractivity contribution in [3.05, 3.63) is 57.1 Å². The van der Waals surface area contributed by atoms with Crippen LogP contribution < -0.4 is 55.7 Å². The highest BCUT2D eigenvalue weighted by molar-refractivity contribution is 9.10. The average molecular weight is 1060 g/mol. The number of nitrogens with one attached hydrogen (secondary N) is 4. The molecule has 0 radical (unpaired) electrons. The van der Waals surface area contributed by atoms with Crippen molar-refractivity contribution in [3.8, 4) is 0 Å². The molecule has 0 heterocycles. The number of guanidine groups is 2. The quantitative estimate of drug-likeness (QED) is 0.0238. The van der Waals surface area contributed by atoms with E-state index < -0.39 is 70.3 Å². The van der Waals surface area contributed by atoms with E-state index in [4.69, 9.17) is 34.4 Å². The Bertz CT molecular complexity index is 2330. The van der Waals surface area contributed by atoms with Crippen molar-refractivity contribution in [2.24, 2.45) is 49.4 Å². The van der Waals surface area contributed by atoms with Gasteiger partial charge in [-0.2, -0.15) is 0 Å². The fourth-order valence-corrected chi connectivity index (χ4v) is 9.02. The first-order valence-electron chi connectivity index (χ1n) is 19.8. The third kappa shape index (κ3) is 20.1. The van der Waals surface area contributed by atoms with Crippen LogP contribution in [0.1, 0.15) is 65.7 Å². The van der Waals surface area contributed by atoms with Gasteiger partial charge in [0.25, 0.3) is 11.8 Å². The summed E-state index contributed by atoms with van der Waals surface area (Å²) in [7, 11) is -8.46. The molecule has 0 aliphatic heterocycles. The van der Waals surface area contributed by atoms with Gasteiger partial charge >= 0.3 is 0 Å². The molecule has 0 saturated carbocycles. The Balaban J connectivity index is 0.00000662. The number of unbranched alkanes of at least 4 members (excludes halogenated alkanes) is 2. The van der Waals surface area contributed by atoms with E-state index in [1.165, 1.54) is 43.8 Å². The van der Waals surface area contributed by atoms with Crippen LogP contribution >= 0.6 is 31.9 Å². The zero-order valence-corrected chi connectivity index (χ0v) is 40.8. The average Bonchev–Trinajstić information content (AvgIpc) is 3.16. The molecular formula is C39H59Br2N13O8S2. The summed E-state index contributed by atoms with van der Waals surface area (Å²) < 4.78 is 54.7. The number of anilines is 4. The Kier molecular flexibility index (Phi) is 25.3. The highest BCUT2D eigenvalue weighted by Crippen LogP contribution is 2.36. The van der Waals surface area contributed by atoms with Crippen molar-refractivity contribution in [3.63, 3.8) is 0 Å². The number of hydrogen-bond donors (Lipinski definition) is 10. The number of nitrogens with two attached hydrogens (primary N) is 6. The summed E-state index contributed by atoms with van der Waals surface area (Å²) in [5, 5.41) is 10.1. The monoisotopic (exact) mass is 1060 g/mol. The molecule has 0 unspecified atom stereocenters. The maximum atomic E-state index is 13.8. The second-order valence-electron chi connectivity index (χ2n) is 13.6. The van der Waals surface area contributed by atoms with E-state index in [1.54, 1.807) is 0 Å². The van der Waals surface area contributed by atoms with Crippen LogP contribution in [-0.2, 0) is 38.9 Å². The fourth-order valence-electron chi connectivity index (χ4n) is 5.30. The van der Waals surface area contributed by atoms with Crippen molar-refractivity contribution in [2.75, 3.05) is 59.0 Å². The highest BCUT2D eigenvalue weighted by atomic mass is 79.9. The largest absolute Gasteiger partial charge is 0.370 e. The van der Waals surface area contributed by atoms with Crippen LogP contribution in [0.4, 0.5) is 22.7 Å². The minimum absolute atomic E-state index is 0.00587. The first-order chi connectivity index (χ1) is 30.1. The van der Waals surface area contributed by atoms with Gasteiger partial charge in [-0.1, -0.05) is 58.7 Å². The second kappa shape index (κ2) is 28.6. The first kappa shape index (κ1) is 56.8. The van der Waals surface area contributed by atoms with Gasteiger partial charge in [-0.15, -0.1) is 0 Å². The summed E-state index contributed by atoms with van der Waals surface area (Å²) >= 11 is 6.58. The lowest BCUT2D eigenvalue weighted by atomic mass is 10.2. The molecule has 0 spiro atoms. The van der Waals surface area contributed by atoms with Crippen molar-refractivity contribution >= 4 is 116 Å². The zero-order chi connectivity index (χ0) is 48.6. The molecule has 25 heteroatoms. The van der Waals surface area contributed by atoms with Crippen LogP contribution in [0.5, 0.6) is 0 Å². The molecule has 2 rings (SSSR count). The Morgan fingerprint density at radius 3 is 1.36 bits per heavy atom. The number of sulfone groups is 2. The Morgan fingerprint density at radius 1 is 0.656 bits per heavy atom. The molecule has 0 aromatic heterocycles. The van der Waals surface area contributed by atoms with Gasteiger partial charge < -0.3 is 55.7 Å². The third-order valence-corrected chi connectivity index (χ3v) is 12.4. The molecule has 0 fully saturated rings. The molecule has 2 aromatic rings. The van der Waals surface area contributed by atoms with Crippen LogP contribution in [0.15, 0.2) is 81.9 Å². The number of nitrogens with zero attached hydrogens (tertiary/aromatic N) is 3. The molecule has 0 bridgehead atoms. The van der Waals surface area contributed by atoms with Gasteiger partial charge in [0.2, 0.25) is 11.8 Å². The number of aliphatic imine (C=N–C) groups is 3. The minimum Gasteiger partial charge on any atom is -0.370 e. The lowest BCUT2D eigenvalue weighted by molar-refractivity contribution is -0.117. The van der Waals surface area contributed by atoms with Gasteiger partial charge in [0.1, 0.15) is 15.5 Å². The van der Waals surface area contributed by atoms with Crippen molar-refractivity contribution in [1.82, 2.24) is 0 Å². The number of carbonyl (C=O) groups excluding carboxylic acids is 4. The standard InChI is InChI=1S/C36H51Br2N13O8S2.C3H8/c1-3-45-28(34(55)51-27-20-23(38)18-25(32(27)61(58,59)15-11-40)49-30(53)9-5-7-13-47-36(43)44)16-21(2)33(54)50-26-19-22(37)17-24(31(26)60(56,57)14-10-39)48-29(52)8-4-6-12-46-35(41)42;1-3-2/h3,16-20H,2,4-15,39-40H2,1H3,(H,48,52)(H,49,53)(H,50,54)(H,51,55)(H4,41,42,46)(H4,43,44,47);3H2,1-2H3/b28-16-,45-3?;. The normalized spacial score (nSPS) is 11.5. The molecule has 0 aliphatic carbocycles. The summed E-state index contributed by atoms with van der Waals surface area (Å²) in [6.07, 6.45) is 5.15. The van der Waals surface area contributed by atoms with Crippen LogP contribution in [0.3, 0.4) is 0 Å². The third-order valence-electron chi connectivity index (χ3n) is 7.86. The first-order valence-corrected chi connectivity index (χ1v) is 24.7. The van der Waals surface area contributed by atoms with Gasteiger partial charge in [-0.25, -0.2) is 16.8 Å². The summed E-state index contributed by atoms with van der Waals surface area (Å²) in [6, 6.07) is 5.28. The molecular weight excluding hydrogens is 1000 g/mol. The summed E-state index contributed by atoms with van der Waals surface area (Å²) in [5.74, 6) is -4.30. The van der Waals surface area contributed by atoms with Gasteiger partial charge in [0.15, 0.2) is 31.6 Å². The van der Waals surface area contributed by atoms with E-state index in [-0.39, 0.29) is 88.2 Å². The second-order valence-corrected chi connectivity index (χ2v) is 19.5. The van der Waals surface area contributed by atoms with Crippen LogP contribution in [0.2, 0.25) is 0 Å². The highest BCUT2D eigenvalue weighted by Gasteiger charge is 2.28. The Morgan fingerprint density at radius 2 is 1.02 bits per heavy atom. The Hall–Kier alpha value is -5.21. The summed E-state index contributed by atoms with van der Waals surface area (Å²) in [4.78, 5) is 64.1. The van der Waals surface area contributed by atoms with E-state index >= 15 is 0 Å². The van der Waals surface area contributed by atoms with Gasteiger partial charge in [0.05, 0.1) is 34.3 Å². The lowest BCUT2D eigenvalue weighted by Crippen LogP contribution is -2.23. The van der Waals surface area contributed by atoms with E-state index in [1.807, 2.05) is 0 Å². The molecule has 0 atom stereocenters. The van der Waals surface area contributed by atoms with Gasteiger partial charge in [0, 0.05) is 59.8 Å². The van der Waals surface area contributed by atoms with Crippen molar-refractivity contribution < 1.29 is 36.0 Å². The summed E-state index contributed by atoms with van der Waals surface area (Å²) in [5.41, 5.74) is 30.9. The summed E-state index contributed by atoms with van der Waals surface area (Å²) in [6.45, 7) is 9.46. The predicted molar refractivity (Wildman–Crippen MR) is 261 cm³/mol. The minimum atomic E-state index is -4.23. The van der Waals surface area contributed by atoms with E-state index in [9.17, 15) is 36.0 Å². The number of benzene rings is 2. The van der Waals surface area contributed by atoms with Crippen molar-refractivity contribution in [1.29, 1.82) is 0 Å². The van der Waals surface area contributed by atoms with Crippen LogP contribution in [-0.4, -0.2) is 96.3 Å². The zero-order valence-electron chi connectivity index (χ0n) is 36.0. The number of amides is 4. The maximum absolute atomic E-state index is 13.8. The molecule has 4 amide bonds. The Labute approximate surface area is 391 Å². The van der Waals surface area contributed by atoms with Crippen LogP contribution in [0, 0.1) is 0 Å². The van der Waals surface area contributed by atoms with Gasteiger partial charge in [-0.05, 0) is 62.9 Å². The van der Waals surface area contributed by atoms with Crippen molar-refractivity contribution in [2.45, 2.75) is 75.5 Å². The molecule has 21 nitrogen and oxygen atoms in total. The van der Waals surface area contributed by atoms with Crippen LogP contribution in [0.25, 0.3) is 0 Å². The molecule has 0 aliphatic rings. The lowest BCUT2D eigenvalue weighted by Gasteiger charge is -2.18. The number of halogens is 2. The maximum Gasteiger partial charge on any atom is 0.274 e. The van der Waals surface area contributed by atoms with E-state index in [2.05, 4.69) is 88.5 Å². The number of hydrogen-bond acceptors (Lipinski definition) is 13. The molecule has 354 valence electrons. The van der Waals surface area contributed by atoms with E-state index in [0.29, 0.717) is 25.7 Å². The molecule has 64 heavy (non-hydrogen) atoms. The number of carbonyl (C=O) groups is 4. The molecule has 16 N–H and O–H groups in total. The SMILES string of the molecule is C=C(/C=C(\N=CC)C(=O)Nc1cc(Br)cc(NC(=O)CCCCN=C(N)N)c1S(=O)(=O)CCN)C(=O)Nc1cc(Br)cc(NC(=O)CCCCN=C(N)N)c1S(=O)(=O)CCN.CCC. The van der Waals surface area contributed by atoms with Gasteiger partial charge in [-0.3, -0.25) is 34.2 Å². The topological polar surface area (TPSA) is 378 Å². The molecule has 0 saturated heterocycles. The van der Waals surface area contributed by atoms with E-state index in [0.717, 1.165) is 6.08 Å². The number of rotatable bonds is 24. The molecule has 2 aromatic carbocycles. The smallest absolute Gasteiger partial charge is 0.274 e. The predicted octanol–water partition coefficient (Wildman–Crippen LogP) is 2.97.